The number of imidazole rings is 1. The van der Waals surface area contributed by atoms with Crippen LogP contribution < -0.4 is 11.3 Å². The predicted octanol–water partition coefficient (Wildman–Crippen LogP) is 3.69. The van der Waals surface area contributed by atoms with E-state index in [1.54, 1.807) is 4.57 Å². The minimum atomic E-state index is -1.52. The second-order valence-electron chi connectivity index (χ2n) is 7.11. The maximum absolute atomic E-state index is 11.9. The molecule has 0 saturated carbocycles. The largest absolute Gasteiger partial charge is 0.433 e. The molecule has 1 unspecified atom stereocenters. The summed E-state index contributed by atoms with van der Waals surface area (Å²) >= 11 is 3.43. The van der Waals surface area contributed by atoms with E-state index in [9.17, 15) is 14.9 Å². The number of aromatic amines is 1. The third-order valence-corrected chi connectivity index (χ3v) is 6.33. The van der Waals surface area contributed by atoms with Crippen LogP contribution in [0.3, 0.4) is 0 Å². The monoisotopic (exact) mass is 566 g/mol. The Labute approximate surface area is 207 Å². The molecule has 0 spiro atoms. The molecule has 0 saturated heterocycles. The summed E-state index contributed by atoms with van der Waals surface area (Å²) in [6, 6.07) is 10.4. The van der Waals surface area contributed by atoms with Crippen molar-refractivity contribution in [1.29, 1.82) is 0 Å². The Morgan fingerprint density at radius 2 is 2.09 bits per heavy atom. The summed E-state index contributed by atoms with van der Waals surface area (Å²) in [6.45, 7) is 0.893. The fourth-order valence-corrected chi connectivity index (χ4v) is 4.51. The molecule has 0 radical (unpaired) electrons. The first kappa shape index (κ1) is 24.9. The van der Waals surface area contributed by atoms with Crippen molar-refractivity contribution in [2.75, 3.05) is 18.7 Å². The average Bonchev–Trinajstić information content (AvgIpc) is 3.45. The molecule has 13 nitrogen and oxygen atoms in total. The van der Waals surface area contributed by atoms with Crippen LogP contribution in [-0.4, -0.2) is 37.4 Å². The maximum Gasteiger partial charge on any atom is 0.433 e. The Morgan fingerprint density at radius 1 is 1.26 bits per heavy atom. The Balaban J connectivity index is 1.34. The lowest BCUT2D eigenvalue weighted by molar-refractivity contribution is -0.402. The standard InChI is InChI=1S/C20H20BrN6O7P/c21-14-3-1-2-13(8-14)9-32-35(33-10-15-4-5-16(34-15)27(29)30)12-31-7-6-26-11-23-17-18(26)24-20(22)25-19(17)28/h1-5,8,11H,6-7,9-10,12H2,(H3,22,24,25,28). The van der Waals surface area contributed by atoms with Gasteiger partial charge in [-0.2, -0.15) is 4.98 Å². The van der Waals surface area contributed by atoms with E-state index in [-0.39, 0.29) is 43.5 Å². The molecule has 1 aromatic carbocycles. The zero-order chi connectivity index (χ0) is 24.8. The zero-order valence-electron chi connectivity index (χ0n) is 18.1. The molecule has 3 heterocycles. The van der Waals surface area contributed by atoms with Crippen molar-refractivity contribution >= 4 is 47.3 Å². The molecule has 3 N–H and O–H groups in total. The Kier molecular flexibility index (Phi) is 8.21. The lowest BCUT2D eigenvalue weighted by Gasteiger charge is -2.17. The molecule has 3 aromatic heterocycles. The third kappa shape index (κ3) is 6.71. The summed E-state index contributed by atoms with van der Waals surface area (Å²) in [5.41, 5.74) is 6.69. The van der Waals surface area contributed by atoms with Crippen molar-refractivity contribution in [2.24, 2.45) is 0 Å². The van der Waals surface area contributed by atoms with E-state index in [2.05, 4.69) is 30.9 Å². The number of H-pyrrole nitrogens is 1. The summed E-state index contributed by atoms with van der Waals surface area (Å²) in [6.07, 6.45) is 1.62. The number of nitrogen functional groups attached to an aromatic ring is 1. The number of fused-ring (bicyclic) bond motifs is 1. The van der Waals surface area contributed by atoms with E-state index in [1.165, 1.54) is 18.5 Å². The van der Waals surface area contributed by atoms with E-state index in [0.29, 0.717) is 18.0 Å². The normalized spacial score (nSPS) is 12.3. The quantitative estimate of drug-likeness (QED) is 0.111. The topological polar surface area (TPSA) is 174 Å². The highest BCUT2D eigenvalue weighted by Gasteiger charge is 2.17. The minimum Gasteiger partial charge on any atom is -0.403 e. The fraction of sp³-hybridized carbons (Fsp3) is 0.250. The highest BCUT2D eigenvalue weighted by molar-refractivity contribution is 9.10. The summed E-state index contributed by atoms with van der Waals surface area (Å²) in [5, 5.41) is 10.8. The van der Waals surface area contributed by atoms with Gasteiger partial charge in [-0.3, -0.25) is 19.9 Å². The van der Waals surface area contributed by atoms with Crippen LogP contribution in [-0.2, 0) is 33.5 Å². The van der Waals surface area contributed by atoms with E-state index in [1.807, 2.05) is 24.3 Å². The van der Waals surface area contributed by atoms with Crippen LogP contribution in [0.4, 0.5) is 11.8 Å². The van der Waals surface area contributed by atoms with Gasteiger partial charge in [0, 0.05) is 11.0 Å². The smallest absolute Gasteiger partial charge is 0.403 e. The number of nitrogens with one attached hydrogen (secondary N) is 1. The fourth-order valence-electron chi connectivity index (χ4n) is 3.00. The SMILES string of the molecule is Nc1nc2c(ncn2CCOCP(OCc2cccc(Br)c2)OCc2ccc([N+](=O)[O-])o2)c(=O)[nH]1. The van der Waals surface area contributed by atoms with Crippen molar-refractivity contribution in [2.45, 2.75) is 19.8 Å². The first-order valence-corrected chi connectivity index (χ1v) is 12.3. The third-order valence-electron chi connectivity index (χ3n) is 4.61. The lowest BCUT2D eigenvalue weighted by Crippen LogP contribution is -2.13. The van der Waals surface area contributed by atoms with Gasteiger partial charge in [-0.05, 0) is 23.8 Å². The molecule has 0 fully saturated rings. The van der Waals surface area contributed by atoms with Gasteiger partial charge in [0.15, 0.2) is 19.5 Å². The van der Waals surface area contributed by atoms with Crippen LogP contribution in [0.1, 0.15) is 11.3 Å². The molecule has 0 bridgehead atoms. The van der Waals surface area contributed by atoms with Gasteiger partial charge in [-0.15, -0.1) is 0 Å². The molecule has 1 atom stereocenters. The number of anilines is 1. The highest BCUT2D eigenvalue weighted by atomic mass is 79.9. The van der Waals surface area contributed by atoms with E-state index >= 15 is 0 Å². The summed E-state index contributed by atoms with van der Waals surface area (Å²) in [5.74, 6) is -0.0601. The summed E-state index contributed by atoms with van der Waals surface area (Å²) in [4.78, 5) is 32.7. The molecule has 15 heteroatoms. The summed E-state index contributed by atoms with van der Waals surface area (Å²) < 4.78 is 25.2. The van der Waals surface area contributed by atoms with Crippen molar-refractivity contribution in [3.8, 4) is 0 Å². The minimum absolute atomic E-state index is 0.00111. The van der Waals surface area contributed by atoms with Crippen LogP contribution in [0.15, 0.2) is 56.4 Å². The molecular formula is C20H20BrN6O7P. The molecule has 0 amide bonds. The first-order valence-electron chi connectivity index (χ1n) is 10.2. The first-order chi connectivity index (χ1) is 16.9. The van der Waals surface area contributed by atoms with E-state index in [0.717, 1.165) is 10.0 Å². The number of aromatic nitrogens is 4. The molecule has 0 aliphatic rings. The van der Waals surface area contributed by atoms with Gasteiger partial charge in [0.25, 0.3) is 5.56 Å². The van der Waals surface area contributed by atoms with Crippen LogP contribution in [0.2, 0.25) is 0 Å². The second-order valence-corrected chi connectivity index (χ2v) is 9.46. The Hall–Kier alpha value is -3.16. The molecular weight excluding hydrogens is 547 g/mol. The average molecular weight is 567 g/mol. The molecule has 0 aliphatic heterocycles. The highest BCUT2D eigenvalue weighted by Crippen LogP contribution is 2.40. The summed E-state index contributed by atoms with van der Waals surface area (Å²) in [7, 11) is -1.52. The van der Waals surface area contributed by atoms with Crippen molar-refractivity contribution in [3.63, 3.8) is 0 Å². The van der Waals surface area contributed by atoms with Crippen LogP contribution in [0, 0.1) is 10.1 Å². The van der Waals surface area contributed by atoms with E-state index < -0.39 is 18.9 Å². The van der Waals surface area contributed by atoms with Crippen molar-refractivity contribution < 1.29 is 23.1 Å². The number of nitrogens with two attached hydrogens (primary N) is 1. The maximum atomic E-state index is 11.9. The number of benzene rings is 1. The van der Waals surface area contributed by atoms with Gasteiger partial charge >= 0.3 is 5.88 Å². The number of hydrogen-bond acceptors (Lipinski definition) is 10. The number of ether oxygens (including phenoxy) is 1. The van der Waals surface area contributed by atoms with Gasteiger partial charge in [-0.1, -0.05) is 28.1 Å². The van der Waals surface area contributed by atoms with Crippen LogP contribution in [0.25, 0.3) is 11.2 Å². The number of nitro groups is 1. The van der Waals surface area contributed by atoms with Gasteiger partial charge in [0.05, 0.1) is 25.6 Å². The van der Waals surface area contributed by atoms with E-state index in [4.69, 9.17) is 23.9 Å². The predicted molar refractivity (Wildman–Crippen MR) is 129 cm³/mol. The van der Waals surface area contributed by atoms with Crippen molar-refractivity contribution in [1.82, 2.24) is 19.5 Å². The molecule has 4 rings (SSSR count). The molecule has 0 aliphatic carbocycles. The number of halogens is 1. The van der Waals surface area contributed by atoms with Gasteiger partial charge in [0.2, 0.25) is 5.95 Å². The number of nitrogens with zero attached hydrogens (tertiary/aromatic N) is 4. The second kappa shape index (κ2) is 11.5. The number of hydrogen-bond donors (Lipinski definition) is 2. The lowest BCUT2D eigenvalue weighted by atomic mass is 10.2. The van der Waals surface area contributed by atoms with Gasteiger partial charge < -0.3 is 28.5 Å². The van der Waals surface area contributed by atoms with Crippen molar-refractivity contribution in [3.05, 3.63) is 79.0 Å². The van der Waals surface area contributed by atoms with Crippen LogP contribution in [0.5, 0.6) is 0 Å². The number of rotatable bonds is 12. The van der Waals surface area contributed by atoms with Crippen LogP contribution >= 0.6 is 24.3 Å². The Morgan fingerprint density at radius 3 is 2.86 bits per heavy atom. The Bertz CT molecular complexity index is 1370. The molecule has 35 heavy (non-hydrogen) atoms. The van der Waals surface area contributed by atoms with Gasteiger partial charge in [0.1, 0.15) is 23.6 Å². The zero-order valence-corrected chi connectivity index (χ0v) is 20.6. The molecule has 4 aromatic rings. The number of furan rings is 1. The van der Waals surface area contributed by atoms with Gasteiger partial charge in [-0.25, -0.2) is 4.98 Å². The molecule has 184 valence electrons.